The van der Waals surface area contributed by atoms with E-state index in [4.69, 9.17) is 12.2 Å². The minimum absolute atomic E-state index is 0.660. The molecule has 0 spiro atoms. The van der Waals surface area contributed by atoms with Crippen molar-refractivity contribution in [3.63, 3.8) is 0 Å². The predicted octanol–water partition coefficient (Wildman–Crippen LogP) is 3.80. The highest BCUT2D eigenvalue weighted by Crippen LogP contribution is 2.11. The molecule has 5 heteroatoms. The molecule has 0 aliphatic rings. The predicted molar refractivity (Wildman–Crippen MR) is 95.0 cm³/mol. The van der Waals surface area contributed by atoms with Crippen LogP contribution in [0.3, 0.4) is 0 Å². The van der Waals surface area contributed by atoms with Crippen LogP contribution in [-0.2, 0) is 13.2 Å². The highest BCUT2D eigenvalue weighted by molar-refractivity contribution is 7.71. The quantitative estimate of drug-likeness (QED) is 0.668. The fourth-order valence-electron chi connectivity index (χ4n) is 2.56. The van der Waals surface area contributed by atoms with Gasteiger partial charge >= 0.3 is 0 Å². The molecular formula is C18H20N4S. The summed E-state index contributed by atoms with van der Waals surface area (Å²) in [5.41, 5.74) is 3.66. The average Bonchev–Trinajstić information content (AvgIpc) is 2.91. The van der Waals surface area contributed by atoms with Gasteiger partial charge in [-0.3, -0.25) is 9.47 Å². The molecule has 2 aromatic carbocycles. The molecule has 0 atom stereocenters. The van der Waals surface area contributed by atoms with Crippen LogP contribution in [0, 0.1) is 11.7 Å². The fourth-order valence-corrected chi connectivity index (χ4v) is 2.81. The molecule has 4 nitrogen and oxygen atoms in total. The van der Waals surface area contributed by atoms with Crippen molar-refractivity contribution in [3.05, 3.63) is 76.8 Å². The number of hydrogen-bond acceptors (Lipinski definition) is 3. The highest BCUT2D eigenvalue weighted by atomic mass is 32.1. The maximum Gasteiger partial charge on any atom is 0.203 e. The second-order valence-corrected chi connectivity index (χ2v) is 6.07. The average molecular weight is 324 g/mol. The summed E-state index contributed by atoms with van der Waals surface area (Å²) in [4.78, 5) is 2.21. The van der Waals surface area contributed by atoms with Crippen LogP contribution in [0.25, 0.3) is 5.69 Å². The minimum Gasteiger partial charge on any atom is -0.283 e. The topological polar surface area (TPSA) is 26.0 Å². The lowest BCUT2D eigenvalue weighted by atomic mass is 10.1. The lowest BCUT2D eigenvalue weighted by molar-refractivity contribution is 0.243. The van der Waals surface area contributed by atoms with Gasteiger partial charge in [-0.25, -0.2) is 4.68 Å². The Hall–Kier alpha value is -2.24. The van der Waals surface area contributed by atoms with Gasteiger partial charge in [-0.1, -0.05) is 42.5 Å². The first-order valence-electron chi connectivity index (χ1n) is 7.58. The summed E-state index contributed by atoms with van der Waals surface area (Å²) < 4.78 is 4.48. The lowest BCUT2D eigenvalue weighted by Crippen LogP contribution is -2.23. The van der Waals surface area contributed by atoms with E-state index >= 15 is 0 Å². The molecule has 23 heavy (non-hydrogen) atoms. The van der Waals surface area contributed by atoms with E-state index in [2.05, 4.69) is 48.2 Å². The molecule has 1 aromatic heterocycles. The number of rotatable bonds is 5. The van der Waals surface area contributed by atoms with Crippen molar-refractivity contribution < 1.29 is 0 Å². The van der Waals surface area contributed by atoms with Gasteiger partial charge in [-0.05, 0) is 49.4 Å². The molecule has 0 amide bonds. The van der Waals surface area contributed by atoms with Gasteiger partial charge in [0.05, 0.1) is 6.67 Å². The first-order valence-corrected chi connectivity index (χ1v) is 7.99. The van der Waals surface area contributed by atoms with Crippen molar-refractivity contribution in [2.24, 2.45) is 0 Å². The number of benzene rings is 2. The van der Waals surface area contributed by atoms with Crippen LogP contribution in [0.2, 0.25) is 0 Å². The molecule has 0 unspecified atom stereocenters. The normalized spacial score (nSPS) is 11.1. The first-order chi connectivity index (χ1) is 11.1. The molecule has 0 N–H and O–H groups in total. The van der Waals surface area contributed by atoms with Gasteiger partial charge in [0.2, 0.25) is 4.77 Å². The van der Waals surface area contributed by atoms with Crippen LogP contribution >= 0.6 is 12.2 Å². The largest absolute Gasteiger partial charge is 0.283 e. The summed E-state index contributed by atoms with van der Waals surface area (Å²) in [7, 11) is 2.08. The van der Waals surface area contributed by atoms with Gasteiger partial charge in [0.15, 0.2) is 0 Å². The molecule has 0 saturated heterocycles. The van der Waals surface area contributed by atoms with E-state index in [-0.39, 0.29) is 0 Å². The van der Waals surface area contributed by atoms with Gasteiger partial charge < -0.3 is 0 Å². The molecule has 0 bridgehead atoms. The van der Waals surface area contributed by atoms with Crippen molar-refractivity contribution in [1.29, 1.82) is 0 Å². The molecule has 0 fully saturated rings. The number of aryl methyl sites for hydroxylation is 1. The minimum atomic E-state index is 0.660. The van der Waals surface area contributed by atoms with Crippen molar-refractivity contribution in [2.45, 2.75) is 20.1 Å². The number of aromatic nitrogens is 3. The Morgan fingerprint density at radius 1 is 1.04 bits per heavy atom. The van der Waals surface area contributed by atoms with Gasteiger partial charge in [0, 0.05) is 12.2 Å². The summed E-state index contributed by atoms with van der Waals surface area (Å²) in [6.45, 7) is 3.67. The van der Waals surface area contributed by atoms with Gasteiger partial charge in [-0.15, -0.1) is 0 Å². The van der Waals surface area contributed by atoms with Crippen molar-refractivity contribution in [2.75, 3.05) is 7.05 Å². The monoisotopic (exact) mass is 324 g/mol. The van der Waals surface area contributed by atoms with E-state index in [1.165, 1.54) is 11.1 Å². The molecular weight excluding hydrogens is 304 g/mol. The zero-order valence-electron chi connectivity index (χ0n) is 13.4. The molecule has 3 aromatic rings. The number of nitrogens with zero attached hydrogens (tertiary/aromatic N) is 4. The van der Waals surface area contributed by atoms with E-state index in [0.717, 1.165) is 12.2 Å². The van der Waals surface area contributed by atoms with Crippen LogP contribution in [-0.4, -0.2) is 26.3 Å². The van der Waals surface area contributed by atoms with E-state index in [9.17, 15) is 0 Å². The standard InChI is InChI=1S/C18H20N4S/c1-15-8-6-7-9-16(15)12-20(2)14-22-18(23)21(13-19-22)17-10-4-3-5-11-17/h3-11,13H,12,14H2,1-2H3. The number of para-hydroxylation sites is 1. The Balaban J connectivity index is 1.75. The zero-order valence-corrected chi connectivity index (χ0v) is 14.2. The number of hydrogen-bond donors (Lipinski definition) is 0. The summed E-state index contributed by atoms with van der Waals surface area (Å²) in [6.07, 6.45) is 1.78. The Morgan fingerprint density at radius 3 is 2.48 bits per heavy atom. The maximum atomic E-state index is 5.55. The molecule has 0 aliphatic carbocycles. The van der Waals surface area contributed by atoms with E-state index in [1.807, 2.05) is 39.6 Å². The molecule has 0 saturated carbocycles. The summed E-state index contributed by atoms with van der Waals surface area (Å²) in [6, 6.07) is 18.5. The lowest BCUT2D eigenvalue weighted by Gasteiger charge is -2.17. The van der Waals surface area contributed by atoms with Crippen LogP contribution in [0.15, 0.2) is 60.9 Å². The van der Waals surface area contributed by atoms with Crippen LogP contribution < -0.4 is 0 Å². The smallest absolute Gasteiger partial charge is 0.203 e. The summed E-state index contributed by atoms with van der Waals surface area (Å²) in [5.74, 6) is 0. The molecule has 118 valence electrons. The third-order valence-electron chi connectivity index (χ3n) is 3.84. The third-order valence-corrected chi connectivity index (χ3v) is 4.25. The molecule has 0 radical (unpaired) electrons. The van der Waals surface area contributed by atoms with Gasteiger partial charge in [0.25, 0.3) is 0 Å². The van der Waals surface area contributed by atoms with Crippen molar-refractivity contribution in [3.8, 4) is 5.69 Å². The van der Waals surface area contributed by atoms with Crippen molar-refractivity contribution in [1.82, 2.24) is 19.2 Å². The van der Waals surface area contributed by atoms with E-state index < -0.39 is 0 Å². The first kappa shape index (κ1) is 15.6. The van der Waals surface area contributed by atoms with Crippen LogP contribution in [0.5, 0.6) is 0 Å². The highest BCUT2D eigenvalue weighted by Gasteiger charge is 2.07. The summed E-state index contributed by atoms with van der Waals surface area (Å²) in [5, 5.41) is 4.43. The summed E-state index contributed by atoms with van der Waals surface area (Å²) >= 11 is 5.55. The molecule has 3 rings (SSSR count). The second kappa shape index (κ2) is 6.89. The van der Waals surface area contributed by atoms with E-state index in [0.29, 0.717) is 11.4 Å². The third kappa shape index (κ3) is 3.57. The Morgan fingerprint density at radius 2 is 1.74 bits per heavy atom. The van der Waals surface area contributed by atoms with Gasteiger partial charge in [-0.2, -0.15) is 5.10 Å². The van der Waals surface area contributed by atoms with Gasteiger partial charge in [0.1, 0.15) is 6.33 Å². The van der Waals surface area contributed by atoms with Crippen LogP contribution in [0.1, 0.15) is 11.1 Å². The van der Waals surface area contributed by atoms with E-state index in [1.54, 1.807) is 6.33 Å². The zero-order chi connectivity index (χ0) is 16.2. The molecule has 1 heterocycles. The Kier molecular flexibility index (Phi) is 4.69. The molecule has 0 aliphatic heterocycles. The van der Waals surface area contributed by atoms with Crippen molar-refractivity contribution >= 4 is 12.2 Å². The fraction of sp³-hybridized carbons (Fsp3) is 0.222. The SMILES string of the molecule is Cc1ccccc1CN(C)Cn1ncn(-c2ccccc2)c1=S. The Labute approximate surface area is 141 Å². The van der Waals surface area contributed by atoms with Crippen LogP contribution in [0.4, 0.5) is 0 Å². The second-order valence-electron chi connectivity index (χ2n) is 5.70. The Bertz CT molecular complexity index is 835. The maximum absolute atomic E-state index is 5.55.